The molecule has 0 unspecified atom stereocenters. The molecule has 0 amide bonds. The van der Waals surface area contributed by atoms with Crippen LogP contribution in [-0.4, -0.2) is 90.1 Å². The van der Waals surface area contributed by atoms with Crippen LogP contribution in [0, 0.1) is 5.82 Å². The van der Waals surface area contributed by atoms with Crippen LogP contribution in [0.4, 0.5) is 16.2 Å². The predicted octanol–water partition coefficient (Wildman–Crippen LogP) is 1.88. The van der Waals surface area contributed by atoms with Crippen molar-refractivity contribution in [1.82, 2.24) is 29.7 Å². The summed E-state index contributed by atoms with van der Waals surface area (Å²) in [5, 5.41) is 3.40. The van der Waals surface area contributed by atoms with Gasteiger partial charge in [-0.3, -0.25) is 0 Å². The number of piperazine rings is 1. The largest absolute Gasteiger partial charge is 0.367 e. The van der Waals surface area contributed by atoms with Crippen molar-refractivity contribution < 1.29 is 4.39 Å². The molecule has 0 saturated carbocycles. The van der Waals surface area contributed by atoms with Gasteiger partial charge < -0.3 is 25.0 Å². The number of benzene rings is 1. The molecular weight excluding hydrogens is 371 g/mol. The van der Waals surface area contributed by atoms with Gasteiger partial charge in [-0.1, -0.05) is 0 Å². The quantitative estimate of drug-likeness (QED) is 0.657. The summed E-state index contributed by atoms with van der Waals surface area (Å²) in [6.07, 6.45) is 0. The van der Waals surface area contributed by atoms with Crippen LogP contribution in [0.5, 0.6) is 0 Å². The lowest BCUT2D eigenvalue weighted by Gasteiger charge is -2.31. The molecule has 154 valence electrons. The number of anilines is 2. The average Bonchev–Trinajstić information content (AvgIpc) is 3.13. The molecule has 29 heavy (non-hydrogen) atoms. The third kappa shape index (κ3) is 4.46. The zero-order chi connectivity index (χ0) is 20.4. The predicted molar refractivity (Wildman–Crippen MR) is 114 cm³/mol. The molecule has 0 atom stereocenters. The van der Waals surface area contributed by atoms with Crippen LogP contribution in [0.1, 0.15) is 0 Å². The van der Waals surface area contributed by atoms with Crippen LogP contribution in [0.15, 0.2) is 24.3 Å². The van der Waals surface area contributed by atoms with E-state index in [4.69, 9.17) is 9.97 Å². The molecule has 0 spiro atoms. The smallest absolute Gasteiger partial charge is 0.205 e. The number of rotatable bonds is 6. The van der Waals surface area contributed by atoms with Crippen LogP contribution in [0.3, 0.4) is 0 Å². The Hall–Kier alpha value is -2.78. The van der Waals surface area contributed by atoms with Crippen molar-refractivity contribution in [3.8, 4) is 11.4 Å². The molecule has 3 heterocycles. The van der Waals surface area contributed by atoms with E-state index in [1.54, 1.807) is 12.1 Å². The summed E-state index contributed by atoms with van der Waals surface area (Å²) in [5.74, 6) is 1.77. The van der Waals surface area contributed by atoms with E-state index in [1.165, 1.54) is 12.1 Å². The number of hydrogen-bond acceptors (Lipinski definition) is 7. The van der Waals surface area contributed by atoms with Gasteiger partial charge in [0.2, 0.25) is 5.95 Å². The van der Waals surface area contributed by atoms with Crippen LogP contribution >= 0.6 is 0 Å². The van der Waals surface area contributed by atoms with Gasteiger partial charge in [-0.05, 0) is 45.4 Å². The number of nitrogens with one attached hydrogen (secondary N) is 2. The highest BCUT2D eigenvalue weighted by molar-refractivity contribution is 5.86. The molecule has 8 nitrogen and oxygen atoms in total. The van der Waals surface area contributed by atoms with Crippen LogP contribution in [0.2, 0.25) is 0 Å². The Morgan fingerprint density at radius 3 is 2.48 bits per heavy atom. The fourth-order valence-corrected chi connectivity index (χ4v) is 3.31. The lowest BCUT2D eigenvalue weighted by Crippen LogP contribution is -2.44. The molecule has 0 aliphatic carbocycles. The van der Waals surface area contributed by atoms with Crippen molar-refractivity contribution in [2.24, 2.45) is 0 Å². The molecule has 1 fully saturated rings. The van der Waals surface area contributed by atoms with E-state index in [9.17, 15) is 4.39 Å². The third-order valence-corrected chi connectivity index (χ3v) is 5.10. The number of nitrogens with zero attached hydrogens (tertiary/aromatic N) is 6. The molecule has 0 radical (unpaired) electrons. The normalized spacial score (nSPS) is 15.4. The van der Waals surface area contributed by atoms with Gasteiger partial charge in [0.15, 0.2) is 17.3 Å². The van der Waals surface area contributed by atoms with Crippen molar-refractivity contribution in [1.29, 1.82) is 0 Å². The Morgan fingerprint density at radius 1 is 1.07 bits per heavy atom. The second-order valence-electron chi connectivity index (χ2n) is 7.68. The van der Waals surface area contributed by atoms with Crippen molar-refractivity contribution in [2.75, 3.05) is 70.6 Å². The Labute approximate surface area is 169 Å². The van der Waals surface area contributed by atoms with Gasteiger partial charge in [0.1, 0.15) is 11.3 Å². The van der Waals surface area contributed by atoms with Crippen LogP contribution in [-0.2, 0) is 0 Å². The summed E-state index contributed by atoms with van der Waals surface area (Å²) in [5.41, 5.74) is 2.16. The lowest BCUT2D eigenvalue weighted by molar-refractivity contribution is 0.311. The maximum Gasteiger partial charge on any atom is 0.205 e. The van der Waals surface area contributed by atoms with E-state index >= 15 is 0 Å². The van der Waals surface area contributed by atoms with Crippen molar-refractivity contribution in [3.63, 3.8) is 0 Å². The van der Waals surface area contributed by atoms with Gasteiger partial charge in [-0.15, -0.1) is 0 Å². The molecule has 1 aliphatic rings. The van der Waals surface area contributed by atoms with E-state index in [2.05, 4.69) is 37.0 Å². The van der Waals surface area contributed by atoms with Gasteiger partial charge in [0.05, 0.1) is 0 Å². The maximum absolute atomic E-state index is 13.3. The number of likely N-dealkylation sites (N-methyl/N-ethyl adjacent to an activating group) is 2. The molecule has 1 aliphatic heterocycles. The fraction of sp³-hybridized carbons (Fsp3) is 0.450. The van der Waals surface area contributed by atoms with Gasteiger partial charge in [-0.25, -0.2) is 14.4 Å². The molecule has 2 N–H and O–H groups in total. The summed E-state index contributed by atoms with van der Waals surface area (Å²) in [7, 11) is 6.19. The SMILES string of the molecule is CN(C)CCNc1nc(-c2ccc(F)cc2)nc2nc(N3CCN(C)CC3)[nH]c12. The number of imidazole rings is 1. The highest BCUT2D eigenvalue weighted by Crippen LogP contribution is 2.26. The van der Waals surface area contributed by atoms with Crippen LogP contribution < -0.4 is 10.2 Å². The third-order valence-electron chi connectivity index (χ3n) is 5.10. The van der Waals surface area contributed by atoms with E-state index in [1.807, 2.05) is 14.1 Å². The Balaban J connectivity index is 1.70. The summed E-state index contributed by atoms with van der Waals surface area (Å²) in [6.45, 7) is 5.44. The van der Waals surface area contributed by atoms with Crippen molar-refractivity contribution in [2.45, 2.75) is 0 Å². The van der Waals surface area contributed by atoms with E-state index in [0.717, 1.165) is 56.3 Å². The summed E-state index contributed by atoms with van der Waals surface area (Å²) < 4.78 is 13.3. The van der Waals surface area contributed by atoms with Gasteiger partial charge in [-0.2, -0.15) is 4.98 Å². The molecule has 3 aromatic rings. The zero-order valence-electron chi connectivity index (χ0n) is 17.1. The number of aromatic amines is 1. The number of hydrogen-bond donors (Lipinski definition) is 2. The van der Waals surface area contributed by atoms with E-state index < -0.39 is 0 Å². The average molecular weight is 398 g/mol. The molecule has 0 bridgehead atoms. The summed E-state index contributed by atoms with van der Waals surface area (Å²) in [4.78, 5) is 24.2. The molecule has 9 heteroatoms. The molecule has 2 aromatic heterocycles. The minimum Gasteiger partial charge on any atom is -0.367 e. The Kier molecular flexibility index (Phi) is 5.59. The second-order valence-corrected chi connectivity index (χ2v) is 7.68. The standard InChI is InChI=1S/C20H27FN8/c1-27(2)9-8-22-18-16-19(25-17(24-18)14-4-6-15(21)7-5-14)26-20(23-16)29-12-10-28(3)11-13-29/h4-7H,8-13H2,1-3H3,(H2,22,23,24,25,26). The first-order valence-electron chi connectivity index (χ1n) is 9.85. The Morgan fingerprint density at radius 2 is 1.79 bits per heavy atom. The number of H-pyrrole nitrogens is 1. The van der Waals surface area contributed by atoms with Gasteiger partial charge in [0, 0.05) is 44.8 Å². The van der Waals surface area contributed by atoms with Crippen molar-refractivity contribution in [3.05, 3.63) is 30.1 Å². The topological polar surface area (TPSA) is 76.2 Å². The second kappa shape index (κ2) is 8.30. The molecule has 1 saturated heterocycles. The monoisotopic (exact) mass is 398 g/mol. The van der Waals surface area contributed by atoms with Crippen LogP contribution in [0.25, 0.3) is 22.6 Å². The van der Waals surface area contributed by atoms with Gasteiger partial charge >= 0.3 is 0 Å². The van der Waals surface area contributed by atoms with E-state index in [-0.39, 0.29) is 5.82 Å². The molecular formula is C20H27FN8. The fourth-order valence-electron chi connectivity index (χ4n) is 3.31. The zero-order valence-corrected chi connectivity index (χ0v) is 17.1. The lowest BCUT2D eigenvalue weighted by atomic mass is 10.2. The number of halogens is 1. The molecule has 4 rings (SSSR count). The van der Waals surface area contributed by atoms with Gasteiger partial charge in [0.25, 0.3) is 0 Å². The van der Waals surface area contributed by atoms with Crippen molar-refractivity contribution >= 4 is 22.9 Å². The molecule has 1 aromatic carbocycles. The number of fused-ring (bicyclic) bond motifs is 1. The first-order valence-corrected chi connectivity index (χ1v) is 9.85. The minimum atomic E-state index is -0.281. The highest BCUT2D eigenvalue weighted by Gasteiger charge is 2.20. The summed E-state index contributed by atoms with van der Waals surface area (Å²) >= 11 is 0. The first kappa shape index (κ1) is 19.5. The maximum atomic E-state index is 13.3. The minimum absolute atomic E-state index is 0.281. The Bertz CT molecular complexity index is 961. The summed E-state index contributed by atoms with van der Waals surface area (Å²) in [6, 6.07) is 6.22. The van der Waals surface area contributed by atoms with E-state index in [0.29, 0.717) is 17.3 Å². The highest BCUT2D eigenvalue weighted by atomic mass is 19.1. The first-order chi connectivity index (χ1) is 14.0. The number of aromatic nitrogens is 4.